The number of nitrogens with one attached hydrogen (secondary N) is 2. The largest absolute Gasteiger partial charge is 0.338 e. The molecule has 1 saturated carbocycles. The van der Waals surface area contributed by atoms with Gasteiger partial charge in [0.1, 0.15) is 5.39 Å². The van der Waals surface area contributed by atoms with Crippen LogP contribution in [0.4, 0.5) is 11.5 Å². The molecule has 2 atom stereocenters. The maximum atomic E-state index is 12.6. The molecule has 2 aromatic heterocycles. The predicted octanol–water partition coefficient (Wildman–Crippen LogP) is 3.91. The van der Waals surface area contributed by atoms with E-state index in [1.54, 1.807) is 55.1 Å². The van der Waals surface area contributed by atoms with Crippen LogP contribution in [0.2, 0.25) is 0 Å². The third kappa shape index (κ3) is 3.83. The van der Waals surface area contributed by atoms with E-state index >= 15 is 0 Å². The number of anilines is 2. The topological polar surface area (TPSA) is 121 Å². The number of fused-ring (bicyclic) bond motifs is 1. The second-order valence-corrected chi connectivity index (χ2v) is 10.7. The van der Waals surface area contributed by atoms with Crippen molar-refractivity contribution in [2.75, 3.05) is 5.32 Å². The molecular weight excluding hydrogens is 414 g/mol. The number of hydrogen-bond donors (Lipinski definition) is 2. The van der Waals surface area contributed by atoms with Crippen molar-refractivity contribution in [1.29, 1.82) is 5.26 Å². The Labute approximate surface area is 180 Å². The molecule has 9 heteroatoms. The molecule has 162 valence electrons. The second-order valence-electron chi connectivity index (χ2n) is 8.19. The second kappa shape index (κ2) is 8.19. The van der Waals surface area contributed by atoms with Crippen LogP contribution < -0.4 is 10.9 Å². The standard InChI is InChI=1S/C22H25N5O3S/c1-14(2)31(29,30)17-9-7-16(8-10-17)25-21-20-19(11-12-24-22(20)28)27(26-21)18-6-4-3-5-15(18)13-23/h7-12,14-15,18H,3-6H2,1-2H3,(H,24,28)(H,25,26)/t15?,18-/m0/s1. The van der Waals surface area contributed by atoms with Crippen LogP contribution in [0.5, 0.6) is 0 Å². The summed E-state index contributed by atoms with van der Waals surface area (Å²) in [7, 11) is -3.36. The first-order chi connectivity index (χ1) is 14.8. The fourth-order valence-corrected chi connectivity index (χ4v) is 5.19. The molecule has 0 aliphatic heterocycles. The van der Waals surface area contributed by atoms with Crippen LogP contribution in [0.25, 0.3) is 10.9 Å². The summed E-state index contributed by atoms with van der Waals surface area (Å²) < 4.78 is 26.5. The van der Waals surface area contributed by atoms with Gasteiger partial charge in [-0.2, -0.15) is 10.4 Å². The van der Waals surface area contributed by atoms with Gasteiger partial charge in [-0.15, -0.1) is 0 Å². The van der Waals surface area contributed by atoms with E-state index in [1.807, 2.05) is 0 Å². The molecule has 0 amide bonds. The molecule has 4 rings (SSSR count). The summed E-state index contributed by atoms with van der Waals surface area (Å²) in [4.78, 5) is 15.5. The first kappa shape index (κ1) is 21.1. The lowest BCUT2D eigenvalue weighted by molar-refractivity contribution is 0.277. The van der Waals surface area contributed by atoms with Crippen LogP contribution in [0.3, 0.4) is 0 Å². The summed E-state index contributed by atoms with van der Waals surface area (Å²) in [5.41, 5.74) is 1.03. The van der Waals surface area contributed by atoms with Crippen molar-refractivity contribution in [2.24, 2.45) is 5.92 Å². The van der Waals surface area contributed by atoms with Gasteiger partial charge in [0.05, 0.1) is 33.7 Å². The van der Waals surface area contributed by atoms with Gasteiger partial charge in [-0.1, -0.05) is 12.8 Å². The average Bonchev–Trinajstić information content (AvgIpc) is 3.13. The van der Waals surface area contributed by atoms with Crippen molar-refractivity contribution in [3.8, 4) is 6.07 Å². The van der Waals surface area contributed by atoms with Gasteiger partial charge < -0.3 is 10.3 Å². The molecule has 1 fully saturated rings. The Morgan fingerprint density at radius 3 is 2.58 bits per heavy atom. The molecule has 31 heavy (non-hydrogen) atoms. The maximum absolute atomic E-state index is 12.6. The normalized spacial score (nSPS) is 19.4. The number of pyridine rings is 1. The van der Waals surface area contributed by atoms with Crippen molar-refractivity contribution in [2.45, 2.75) is 55.7 Å². The number of rotatable bonds is 5. The van der Waals surface area contributed by atoms with Gasteiger partial charge in [0, 0.05) is 11.9 Å². The van der Waals surface area contributed by atoms with Crippen molar-refractivity contribution < 1.29 is 8.42 Å². The van der Waals surface area contributed by atoms with Crippen LogP contribution in [0, 0.1) is 17.2 Å². The Kier molecular flexibility index (Phi) is 5.58. The van der Waals surface area contributed by atoms with Crippen molar-refractivity contribution in [3.63, 3.8) is 0 Å². The Morgan fingerprint density at radius 1 is 1.19 bits per heavy atom. The molecule has 2 N–H and O–H groups in total. The number of hydrogen-bond acceptors (Lipinski definition) is 6. The Morgan fingerprint density at radius 2 is 1.90 bits per heavy atom. The van der Waals surface area contributed by atoms with Crippen molar-refractivity contribution >= 4 is 32.2 Å². The lowest BCUT2D eigenvalue weighted by Crippen LogP contribution is -2.23. The average molecular weight is 440 g/mol. The highest BCUT2D eigenvalue weighted by atomic mass is 32.2. The molecule has 0 saturated heterocycles. The number of benzene rings is 1. The minimum Gasteiger partial charge on any atom is -0.338 e. The summed E-state index contributed by atoms with van der Waals surface area (Å²) in [6.45, 7) is 3.29. The Hall–Kier alpha value is -3.12. The minimum atomic E-state index is -3.36. The van der Waals surface area contributed by atoms with E-state index in [-0.39, 0.29) is 22.4 Å². The first-order valence-electron chi connectivity index (χ1n) is 10.4. The van der Waals surface area contributed by atoms with Crippen LogP contribution in [0.15, 0.2) is 46.2 Å². The van der Waals surface area contributed by atoms with Crippen LogP contribution in [-0.4, -0.2) is 28.4 Å². The molecule has 0 radical (unpaired) electrons. The van der Waals surface area contributed by atoms with Gasteiger partial charge in [0.2, 0.25) is 0 Å². The molecule has 8 nitrogen and oxygen atoms in total. The first-order valence-corrected chi connectivity index (χ1v) is 12.0. The van der Waals surface area contributed by atoms with Crippen LogP contribution >= 0.6 is 0 Å². The zero-order valence-corrected chi connectivity index (χ0v) is 18.3. The molecular formula is C22H25N5O3S. The highest BCUT2D eigenvalue weighted by Gasteiger charge is 2.30. The van der Waals surface area contributed by atoms with Gasteiger partial charge in [-0.25, -0.2) is 8.42 Å². The third-order valence-corrected chi connectivity index (χ3v) is 8.08. The molecule has 0 bridgehead atoms. The number of nitriles is 1. The van der Waals surface area contributed by atoms with E-state index in [1.165, 1.54) is 0 Å². The maximum Gasteiger partial charge on any atom is 0.261 e. The molecule has 1 aliphatic rings. The lowest BCUT2D eigenvalue weighted by Gasteiger charge is -2.27. The molecule has 0 spiro atoms. The fourth-order valence-electron chi connectivity index (χ4n) is 4.13. The number of H-pyrrole nitrogens is 1. The number of aromatic amines is 1. The molecule has 3 aromatic rings. The van der Waals surface area contributed by atoms with E-state index < -0.39 is 15.1 Å². The summed E-state index contributed by atoms with van der Waals surface area (Å²) in [5, 5.41) is 17.4. The minimum absolute atomic E-state index is 0.0860. The predicted molar refractivity (Wildman–Crippen MR) is 119 cm³/mol. The van der Waals surface area contributed by atoms with Gasteiger partial charge in [0.15, 0.2) is 15.7 Å². The van der Waals surface area contributed by atoms with Crippen molar-refractivity contribution in [1.82, 2.24) is 14.8 Å². The summed E-state index contributed by atoms with van der Waals surface area (Å²) in [5.74, 6) is 0.239. The zero-order valence-electron chi connectivity index (χ0n) is 17.5. The highest BCUT2D eigenvalue weighted by molar-refractivity contribution is 7.92. The SMILES string of the molecule is CC(C)S(=O)(=O)c1ccc(Nc2nn([C@H]3CCCCC3C#N)c3cc[nH]c(=O)c23)cc1. The van der Waals surface area contributed by atoms with E-state index in [2.05, 4.69) is 21.5 Å². The monoisotopic (exact) mass is 439 g/mol. The van der Waals surface area contributed by atoms with Crippen LogP contribution in [0.1, 0.15) is 45.6 Å². The zero-order chi connectivity index (χ0) is 22.2. The number of nitrogens with zero attached hydrogens (tertiary/aromatic N) is 3. The third-order valence-electron chi connectivity index (χ3n) is 5.91. The van der Waals surface area contributed by atoms with E-state index in [9.17, 15) is 18.5 Å². The van der Waals surface area contributed by atoms with E-state index in [0.717, 1.165) is 25.7 Å². The fraction of sp³-hybridized carbons (Fsp3) is 0.409. The lowest BCUT2D eigenvalue weighted by atomic mass is 9.85. The molecule has 1 aromatic carbocycles. The van der Waals surface area contributed by atoms with E-state index in [4.69, 9.17) is 0 Å². The number of sulfone groups is 1. The van der Waals surface area contributed by atoms with Gasteiger partial charge in [-0.3, -0.25) is 9.48 Å². The summed E-state index contributed by atoms with van der Waals surface area (Å²) in [6, 6.07) is 10.5. The molecule has 2 heterocycles. The molecule has 1 unspecified atom stereocenters. The smallest absolute Gasteiger partial charge is 0.261 e. The van der Waals surface area contributed by atoms with Crippen molar-refractivity contribution in [3.05, 3.63) is 46.9 Å². The van der Waals surface area contributed by atoms with Gasteiger partial charge >= 0.3 is 0 Å². The quantitative estimate of drug-likeness (QED) is 0.622. The van der Waals surface area contributed by atoms with Crippen LogP contribution in [-0.2, 0) is 9.84 Å². The molecule has 1 aliphatic carbocycles. The summed E-state index contributed by atoms with van der Waals surface area (Å²) >= 11 is 0. The number of aromatic nitrogens is 3. The summed E-state index contributed by atoms with van der Waals surface area (Å²) in [6.07, 6.45) is 5.28. The van der Waals surface area contributed by atoms with Gasteiger partial charge in [0.25, 0.3) is 5.56 Å². The Bertz CT molecular complexity index is 1300. The van der Waals surface area contributed by atoms with E-state index in [0.29, 0.717) is 22.4 Å². The Balaban J connectivity index is 1.74. The van der Waals surface area contributed by atoms with Gasteiger partial charge in [-0.05, 0) is 57.0 Å². The highest BCUT2D eigenvalue weighted by Crippen LogP contribution is 2.36.